The molecule has 0 aromatic carbocycles. The van der Waals surface area contributed by atoms with Gasteiger partial charge in [-0.1, -0.05) is 43.1 Å². The highest BCUT2D eigenvalue weighted by atomic mass is 35.5. The SMILES string of the molecule is CCOC(=O)[C@@]1(OC(=O)C(Cl)Cl)CC[C@H]2[C@@H]3CC[C@@]45C=CC(=O)[C@H]4[C@@]5(C)[C@H]3[C@@H](O)C[C@@]21C. The van der Waals surface area contributed by atoms with Crippen molar-refractivity contribution < 1.29 is 29.0 Å². The van der Waals surface area contributed by atoms with Gasteiger partial charge in [0, 0.05) is 16.7 Å². The molecule has 0 saturated heterocycles. The standard InChI is InChI=1S/C24H30Cl2O6/c1-4-31-20(30)24(32-19(29)18(25)26)10-6-13-12-5-8-23-9-7-14(27)17(23)22(23,3)16(12)15(28)11-21(13,24)2/h7,9,12-13,15-18,28H,4-6,8,10-11H2,1-3H3/t12-,13-,15-,16+,17-,21-,22+,23+,24-/m0/s1. The van der Waals surface area contributed by atoms with Crippen LogP contribution in [0.25, 0.3) is 0 Å². The number of ketones is 1. The molecule has 0 heterocycles. The predicted molar refractivity (Wildman–Crippen MR) is 117 cm³/mol. The number of carbonyl (C=O) groups excluding carboxylic acids is 3. The molecule has 0 radical (unpaired) electrons. The first-order chi connectivity index (χ1) is 15.0. The van der Waals surface area contributed by atoms with Gasteiger partial charge in [-0.2, -0.15) is 0 Å². The van der Waals surface area contributed by atoms with E-state index in [0.29, 0.717) is 12.8 Å². The molecule has 176 valence electrons. The maximum Gasteiger partial charge on any atom is 0.351 e. The van der Waals surface area contributed by atoms with Gasteiger partial charge in [-0.3, -0.25) is 4.79 Å². The molecule has 9 atom stereocenters. The number of ether oxygens (including phenoxy) is 2. The summed E-state index contributed by atoms with van der Waals surface area (Å²) in [4.78, 5) is 36.9. The molecule has 6 nitrogen and oxygen atoms in total. The van der Waals surface area contributed by atoms with E-state index in [9.17, 15) is 19.5 Å². The number of aliphatic hydroxyl groups is 1. The van der Waals surface area contributed by atoms with Gasteiger partial charge in [-0.05, 0) is 68.3 Å². The summed E-state index contributed by atoms with van der Waals surface area (Å²) in [5.41, 5.74) is -2.74. The molecule has 0 unspecified atom stereocenters. The second kappa shape index (κ2) is 6.96. The van der Waals surface area contributed by atoms with Crippen LogP contribution in [0.3, 0.4) is 0 Å². The molecule has 5 aliphatic carbocycles. The molecule has 0 aliphatic heterocycles. The van der Waals surface area contributed by atoms with E-state index in [1.54, 1.807) is 13.0 Å². The molecule has 0 bridgehead atoms. The highest BCUT2D eigenvalue weighted by molar-refractivity contribution is 6.53. The van der Waals surface area contributed by atoms with Crippen LogP contribution in [0, 0.1) is 39.9 Å². The second-order valence-corrected chi connectivity index (χ2v) is 11.9. The average molecular weight is 485 g/mol. The van der Waals surface area contributed by atoms with E-state index in [-0.39, 0.29) is 53.3 Å². The van der Waals surface area contributed by atoms with Gasteiger partial charge in [-0.25, -0.2) is 9.59 Å². The minimum atomic E-state index is -1.54. The van der Waals surface area contributed by atoms with Crippen LogP contribution in [-0.4, -0.2) is 46.0 Å². The fraction of sp³-hybridized carbons (Fsp3) is 0.792. The van der Waals surface area contributed by atoms with Crippen molar-refractivity contribution in [3.05, 3.63) is 12.2 Å². The molecule has 4 saturated carbocycles. The molecule has 8 heteroatoms. The summed E-state index contributed by atoms with van der Waals surface area (Å²) in [6.45, 7) is 5.94. The van der Waals surface area contributed by atoms with Crippen LogP contribution >= 0.6 is 23.2 Å². The van der Waals surface area contributed by atoms with Crippen LogP contribution in [0.5, 0.6) is 0 Å². The van der Waals surface area contributed by atoms with Crippen molar-refractivity contribution in [1.29, 1.82) is 0 Å². The first kappa shape index (κ1) is 22.7. The van der Waals surface area contributed by atoms with Gasteiger partial charge in [0.25, 0.3) is 0 Å². The normalized spacial score (nSPS) is 50.3. The van der Waals surface area contributed by atoms with Crippen molar-refractivity contribution in [2.75, 3.05) is 6.61 Å². The number of aliphatic hydroxyl groups excluding tert-OH is 1. The number of rotatable bonds is 4. The maximum atomic E-state index is 13.3. The van der Waals surface area contributed by atoms with Crippen molar-refractivity contribution in [2.24, 2.45) is 39.9 Å². The highest BCUT2D eigenvalue weighted by Crippen LogP contribution is 2.84. The van der Waals surface area contributed by atoms with Crippen LogP contribution < -0.4 is 0 Å². The maximum absolute atomic E-state index is 13.3. The van der Waals surface area contributed by atoms with E-state index < -0.39 is 33.9 Å². The Morgan fingerprint density at radius 3 is 2.62 bits per heavy atom. The number of alkyl halides is 2. The lowest BCUT2D eigenvalue weighted by Gasteiger charge is -2.57. The largest absolute Gasteiger partial charge is 0.463 e. The Hall–Kier alpha value is -1.11. The fourth-order valence-corrected chi connectivity index (χ4v) is 8.99. The number of hydrogen-bond donors (Lipinski definition) is 1. The van der Waals surface area contributed by atoms with Crippen molar-refractivity contribution in [3.63, 3.8) is 0 Å². The third-order valence-corrected chi connectivity index (χ3v) is 10.4. The molecule has 5 aliphatic rings. The van der Waals surface area contributed by atoms with E-state index >= 15 is 0 Å². The van der Waals surface area contributed by atoms with Crippen LogP contribution in [0.4, 0.5) is 0 Å². The molecule has 5 rings (SSSR count). The van der Waals surface area contributed by atoms with Gasteiger partial charge in [0.1, 0.15) is 0 Å². The lowest BCUT2D eigenvalue weighted by molar-refractivity contribution is -0.212. The van der Waals surface area contributed by atoms with E-state index in [4.69, 9.17) is 32.7 Å². The minimum Gasteiger partial charge on any atom is -0.463 e. The van der Waals surface area contributed by atoms with Crippen molar-refractivity contribution >= 4 is 40.9 Å². The Morgan fingerprint density at radius 1 is 1.25 bits per heavy atom. The van der Waals surface area contributed by atoms with E-state index in [1.807, 2.05) is 6.92 Å². The summed E-state index contributed by atoms with van der Waals surface area (Å²) < 4.78 is 11.2. The molecule has 32 heavy (non-hydrogen) atoms. The number of allylic oxidation sites excluding steroid dienone is 2. The van der Waals surface area contributed by atoms with Crippen molar-refractivity contribution in [1.82, 2.24) is 0 Å². The van der Waals surface area contributed by atoms with Crippen molar-refractivity contribution in [3.8, 4) is 0 Å². The molecule has 1 spiro atoms. The fourth-order valence-electron chi connectivity index (χ4n) is 8.90. The van der Waals surface area contributed by atoms with Gasteiger partial charge in [-0.15, -0.1) is 0 Å². The molecular formula is C24H30Cl2O6. The topological polar surface area (TPSA) is 89.9 Å². The summed E-state index contributed by atoms with van der Waals surface area (Å²) in [5.74, 6) is -1.21. The Balaban J connectivity index is 1.53. The van der Waals surface area contributed by atoms with Gasteiger partial charge in [0.05, 0.1) is 12.7 Å². The summed E-state index contributed by atoms with van der Waals surface area (Å²) in [6.07, 6.45) is 6.10. The first-order valence-corrected chi connectivity index (χ1v) is 12.5. The van der Waals surface area contributed by atoms with E-state index in [1.165, 1.54) is 0 Å². The molecular weight excluding hydrogens is 455 g/mol. The smallest absolute Gasteiger partial charge is 0.351 e. The third-order valence-electron chi connectivity index (χ3n) is 10.1. The zero-order valence-electron chi connectivity index (χ0n) is 18.6. The Morgan fingerprint density at radius 2 is 1.97 bits per heavy atom. The van der Waals surface area contributed by atoms with E-state index in [2.05, 4.69) is 13.0 Å². The molecule has 0 aromatic heterocycles. The molecule has 0 amide bonds. The number of hydrogen-bond acceptors (Lipinski definition) is 6. The first-order valence-electron chi connectivity index (χ1n) is 11.6. The van der Waals surface area contributed by atoms with Crippen LogP contribution in [0.15, 0.2) is 12.2 Å². The van der Waals surface area contributed by atoms with Crippen molar-refractivity contribution in [2.45, 2.75) is 69.4 Å². The molecule has 4 fully saturated rings. The predicted octanol–water partition coefficient (Wildman–Crippen LogP) is 3.60. The second-order valence-electron chi connectivity index (χ2n) is 10.8. The molecule has 1 N–H and O–H groups in total. The number of fused-ring (bicyclic) bond motifs is 5. The number of halogens is 2. The van der Waals surface area contributed by atoms with Crippen LogP contribution in [-0.2, 0) is 23.9 Å². The highest BCUT2D eigenvalue weighted by Gasteiger charge is 2.84. The van der Waals surface area contributed by atoms with Gasteiger partial charge in [0.2, 0.25) is 10.4 Å². The summed E-state index contributed by atoms with van der Waals surface area (Å²) in [5, 5.41) is 11.5. The lowest BCUT2D eigenvalue weighted by Crippen LogP contribution is -2.62. The lowest BCUT2D eigenvalue weighted by atomic mass is 9.49. The summed E-state index contributed by atoms with van der Waals surface area (Å²) in [7, 11) is 0. The average Bonchev–Trinajstić information content (AvgIpc) is 2.92. The molecule has 0 aromatic rings. The van der Waals surface area contributed by atoms with Gasteiger partial charge >= 0.3 is 11.9 Å². The van der Waals surface area contributed by atoms with E-state index in [0.717, 1.165) is 12.8 Å². The van der Waals surface area contributed by atoms with Gasteiger partial charge in [0.15, 0.2) is 5.78 Å². The number of carbonyl (C=O) groups is 3. The number of esters is 2. The Bertz CT molecular complexity index is 918. The monoisotopic (exact) mass is 484 g/mol. The summed E-state index contributed by atoms with van der Waals surface area (Å²) >= 11 is 11.5. The minimum absolute atomic E-state index is 0.0317. The Kier molecular flexibility index (Phi) is 4.93. The zero-order valence-corrected chi connectivity index (χ0v) is 20.1. The van der Waals surface area contributed by atoms with Crippen LogP contribution in [0.1, 0.15) is 52.9 Å². The van der Waals surface area contributed by atoms with Gasteiger partial charge < -0.3 is 14.6 Å². The third kappa shape index (κ3) is 2.44. The summed E-state index contributed by atoms with van der Waals surface area (Å²) in [6, 6.07) is 0. The Labute approximate surface area is 198 Å². The zero-order chi connectivity index (χ0) is 23.3. The quantitative estimate of drug-likeness (QED) is 0.484. The van der Waals surface area contributed by atoms with Crippen LogP contribution in [0.2, 0.25) is 0 Å².